The number of hydrogen-bond acceptors (Lipinski definition) is 3. The van der Waals surface area contributed by atoms with E-state index in [1.165, 1.54) is 6.07 Å². The first-order valence-corrected chi connectivity index (χ1v) is 15.3. The van der Waals surface area contributed by atoms with Gasteiger partial charge in [0.2, 0.25) is 0 Å². The third-order valence-corrected chi connectivity index (χ3v) is 9.57. The summed E-state index contributed by atoms with van der Waals surface area (Å²) in [6.07, 6.45) is -5.10. The van der Waals surface area contributed by atoms with Crippen molar-refractivity contribution in [2.24, 2.45) is 0 Å². The van der Waals surface area contributed by atoms with Gasteiger partial charge in [0, 0.05) is 7.14 Å². The molecule has 206 valence electrons. The van der Waals surface area contributed by atoms with Gasteiger partial charge in [-0.15, -0.1) is 0 Å². The highest BCUT2D eigenvalue weighted by Gasteiger charge is 2.40. The number of alkyl halides is 3. The fourth-order valence-corrected chi connectivity index (χ4v) is 7.97. The number of nitrogens with one attached hydrogen (secondary N) is 1. The highest BCUT2D eigenvalue weighted by Crippen LogP contribution is 2.35. The second-order valence-electron chi connectivity index (χ2n) is 9.12. The minimum Gasteiger partial charge on any atom is -0.451 e. The number of benzene rings is 4. The molecule has 1 N–H and O–H groups in total. The van der Waals surface area contributed by atoms with E-state index in [-0.39, 0.29) is 25.7 Å². The Labute approximate surface area is 260 Å². The van der Waals surface area contributed by atoms with E-state index in [1.54, 1.807) is 42.5 Å². The van der Waals surface area contributed by atoms with Crippen molar-refractivity contribution in [1.29, 1.82) is 0 Å². The van der Waals surface area contributed by atoms with Gasteiger partial charge >= 0.3 is 18.1 Å². The molecule has 0 unspecified atom stereocenters. The molecular weight excluding hydrogens is 765 g/mol. The summed E-state index contributed by atoms with van der Waals surface area (Å²) < 4.78 is 45.5. The molecule has 10 heteroatoms. The largest absolute Gasteiger partial charge is 0.471 e. The lowest BCUT2D eigenvalue weighted by molar-refractivity contribution is -0.167. The first-order valence-electron chi connectivity index (χ1n) is 11.9. The molecule has 40 heavy (non-hydrogen) atoms. The van der Waals surface area contributed by atoms with Crippen LogP contribution in [0.25, 0.3) is 0 Å². The van der Waals surface area contributed by atoms with Crippen molar-refractivity contribution >= 4 is 73.6 Å². The Morgan fingerprint density at radius 2 is 1.27 bits per heavy atom. The number of carbonyl (C=O) groups is 2. The van der Waals surface area contributed by atoms with Gasteiger partial charge < -0.3 is 10.1 Å². The second kappa shape index (κ2) is 12.5. The molecule has 0 spiro atoms. The highest BCUT2D eigenvalue weighted by molar-refractivity contribution is 14.1. The van der Waals surface area contributed by atoms with E-state index in [4.69, 9.17) is 4.74 Å². The number of carbonyl (C=O) groups excluding carboxylic acids is 2. The van der Waals surface area contributed by atoms with Crippen LogP contribution in [-0.2, 0) is 26.0 Å². The number of halogens is 5. The van der Waals surface area contributed by atoms with Crippen LogP contribution in [0.3, 0.4) is 0 Å². The van der Waals surface area contributed by atoms with Crippen molar-refractivity contribution in [1.82, 2.24) is 0 Å². The van der Waals surface area contributed by atoms with E-state index in [0.29, 0.717) is 9.13 Å². The fourth-order valence-electron chi connectivity index (χ4n) is 3.91. The van der Waals surface area contributed by atoms with Crippen molar-refractivity contribution in [3.05, 3.63) is 115 Å². The predicted molar refractivity (Wildman–Crippen MR) is 166 cm³/mol. The normalized spacial score (nSPS) is 11.8. The number of hydrogen-bond donors (Lipinski definition) is 1. The van der Waals surface area contributed by atoms with Crippen LogP contribution < -0.4 is 5.32 Å². The van der Waals surface area contributed by atoms with Crippen LogP contribution in [0.15, 0.2) is 112 Å². The van der Waals surface area contributed by atoms with Crippen molar-refractivity contribution in [3.63, 3.8) is 0 Å². The Morgan fingerprint density at radius 1 is 0.775 bits per heavy atom. The maximum absolute atomic E-state index is 13.3. The number of ether oxygens (including phenoxy) is 1. The van der Waals surface area contributed by atoms with Gasteiger partial charge in [0.15, 0.2) is 14.7 Å². The first-order chi connectivity index (χ1) is 18.9. The molecule has 0 aliphatic rings. The number of rotatable bonds is 7. The quantitative estimate of drug-likeness (QED) is 0.116. The Balaban J connectivity index is 1.62. The molecular formula is C30H23F3I2NO3S+. The fraction of sp³-hybridized carbons (Fsp3) is 0.133. The van der Waals surface area contributed by atoms with Crippen LogP contribution in [0.2, 0.25) is 0 Å². The van der Waals surface area contributed by atoms with Crippen LogP contribution >= 0.6 is 45.2 Å². The SMILES string of the molecule is CC(C)(OC(=O)c1cc(I)cc(I)c1NC(=O)C(F)(F)F)c1ccc([S+](c2ccccc2)c2ccccc2)cc1. The summed E-state index contributed by atoms with van der Waals surface area (Å²) in [6, 6.07) is 31.1. The van der Waals surface area contributed by atoms with Gasteiger partial charge in [-0.25, -0.2) is 4.79 Å². The molecule has 0 bridgehead atoms. The molecule has 0 saturated heterocycles. The monoisotopic (exact) mass is 788 g/mol. The Hall–Kier alpha value is -2.58. The zero-order valence-electron chi connectivity index (χ0n) is 21.3. The van der Waals surface area contributed by atoms with E-state index >= 15 is 0 Å². The maximum Gasteiger partial charge on any atom is 0.471 e. The van der Waals surface area contributed by atoms with Gasteiger partial charge in [-0.1, -0.05) is 48.5 Å². The lowest BCUT2D eigenvalue weighted by Crippen LogP contribution is -2.32. The zero-order chi connectivity index (χ0) is 29.1. The third-order valence-electron chi connectivity index (χ3n) is 5.86. The lowest BCUT2D eigenvalue weighted by Gasteiger charge is -2.26. The molecule has 0 heterocycles. The van der Waals surface area contributed by atoms with Crippen LogP contribution in [0.5, 0.6) is 0 Å². The molecule has 0 radical (unpaired) electrons. The first kappa shape index (κ1) is 30.4. The molecule has 0 saturated carbocycles. The Bertz CT molecular complexity index is 1470. The molecule has 0 aliphatic carbocycles. The van der Waals surface area contributed by atoms with E-state index in [0.717, 1.165) is 14.7 Å². The summed E-state index contributed by atoms with van der Waals surface area (Å²) in [5.74, 6) is -3.01. The molecule has 0 aliphatic heterocycles. The van der Waals surface area contributed by atoms with Gasteiger partial charge in [0.25, 0.3) is 0 Å². The van der Waals surface area contributed by atoms with E-state index in [9.17, 15) is 22.8 Å². The zero-order valence-corrected chi connectivity index (χ0v) is 26.4. The molecule has 4 aromatic rings. The van der Waals surface area contributed by atoms with Crippen molar-refractivity contribution < 1.29 is 27.5 Å². The Morgan fingerprint density at radius 3 is 1.77 bits per heavy atom. The highest BCUT2D eigenvalue weighted by atomic mass is 127. The average molecular weight is 788 g/mol. The van der Waals surface area contributed by atoms with Crippen LogP contribution in [0.1, 0.15) is 29.8 Å². The molecule has 0 aromatic heterocycles. The lowest BCUT2D eigenvalue weighted by atomic mass is 9.98. The van der Waals surface area contributed by atoms with Crippen LogP contribution in [-0.4, -0.2) is 18.1 Å². The van der Waals surface area contributed by atoms with E-state index < -0.39 is 23.7 Å². The van der Waals surface area contributed by atoms with Crippen LogP contribution in [0.4, 0.5) is 18.9 Å². The standard InChI is InChI=1S/C30H22F3I2NO3S/c1-29(2,39-27(37)24-17-20(34)18-25(35)26(24)36-28(38)30(31,32)33)19-13-15-23(16-14-19)40(21-9-5-3-6-10-21)22-11-7-4-8-12-22/h3-18H,1-2H3/p+1. The van der Waals surface area contributed by atoms with Crippen molar-refractivity contribution in [2.45, 2.75) is 40.3 Å². The van der Waals surface area contributed by atoms with Gasteiger partial charge in [0.1, 0.15) is 5.60 Å². The number of anilines is 1. The summed E-state index contributed by atoms with van der Waals surface area (Å²) in [5, 5.41) is 1.83. The summed E-state index contributed by atoms with van der Waals surface area (Å²) in [6.45, 7) is 3.42. The predicted octanol–water partition coefficient (Wildman–Crippen LogP) is 8.58. The topological polar surface area (TPSA) is 55.4 Å². The summed E-state index contributed by atoms with van der Waals surface area (Å²) in [4.78, 5) is 28.3. The van der Waals surface area contributed by atoms with Gasteiger partial charge in [-0.2, -0.15) is 13.2 Å². The Kier molecular flexibility index (Phi) is 9.51. The van der Waals surface area contributed by atoms with Gasteiger partial charge in [-0.3, -0.25) is 4.79 Å². The average Bonchev–Trinajstić information content (AvgIpc) is 2.91. The minimum absolute atomic E-state index is 0.159. The summed E-state index contributed by atoms with van der Waals surface area (Å²) in [5.41, 5.74) is -0.816. The van der Waals surface area contributed by atoms with Crippen molar-refractivity contribution in [2.75, 3.05) is 5.32 Å². The number of esters is 1. The summed E-state index contributed by atoms with van der Waals surface area (Å²) in [7, 11) is -0.353. The molecule has 4 aromatic carbocycles. The van der Waals surface area contributed by atoms with E-state index in [1.807, 2.05) is 88.6 Å². The molecule has 4 nitrogen and oxygen atoms in total. The van der Waals surface area contributed by atoms with E-state index in [2.05, 4.69) is 24.3 Å². The molecule has 0 fully saturated rings. The third kappa shape index (κ3) is 7.19. The molecule has 0 atom stereocenters. The second-order valence-corrected chi connectivity index (χ2v) is 13.6. The maximum atomic E-state index is 13.3. The van der Waals surface area contributed by atoms with Gasteiger partial charge in [0.05, 0.1) is 22.1 Å². The molecule has 4 rings (SSSR count). The van der Waals surface area contributed by atoms with Crippen molar-refractivity contribution in [3.8, 4) is 0 Å². The van der Waals surface area contributed by atoms with Crippen LogP contribution in [0, 0.1) is 7.14 Å². The smallest absolute Gasteiger partial charge is 0.451 e. The number of amides is 1. The minimum atomic E-state index is -5.10. The van der Waals surface area contributed by atoms with Gasteiger partial charge in [-0.05, 0) is 113 Å². The molecule has 1 amide bonds. The summed E-state index contributed by atoms with van der Waals surface area (Å²) >= 11 is 3.73.